The summed E-state index contributed by atoms with van der Waals surface area (Å²) in [5.74, 6) is 1.31. The van der Waals surface area contributed by atoms with Crippen LogP contribution < -0.4 is 14.8 Å². The average molecular weight is 556 g/mol. The SMILES string of the molecule is COCCCOc1cc(C(=O)N(C[C@@H]2CNC[C@H]2CN(C)C(=O)CC(O)c2ccccc2)C(C)C)ccc1OC. The number of hydrogen-bond acceptors (Lipinski definition) is 7. The topological polar surface area (TPSA) is 101 Å². The Morgan fingerprint density at radius 3 is 2.35 bits per heavy atom. The van der Waals surface area contributed by atoms with Crippen molar-refractivity contribution in [2.45, 2.75) is 38.8 Å². The summed E-state index contributed by atoms with van der Waals surface area (Å²) >= 11 is 0. The van der Waals surface area contributed by atoms with Crippen LogP contribution in [-0.2, 0) is 9.53 Å². The fraction of sp³-hybridized carbons (Fsp3) is 0.548. The van der Waals surface area contributed by atoms with Crippen molar-refractivity contribution >= 4 is 11.8 Å². The number of nitrogens with zero attached hydrogens (tertiary/aromatic N) is 2. The van der Waals surface area contributed by atoms with E-state index in [2.05, 4.69) is 5.32 Å². The van der Waals surface area contributed by atoms with Gasteiger partial charge in [0.25, 0.3) is 5.91 Å². The minimum absolute atomic E-state index is 0.0118. The van der Waals surface area contributed by atoms with Gasteiger partial charge in [-0.05, 0) is 49.4 Å². The second-order valence-corrected chi connectivity index (χ2v) is 10.7. The fourth-order valence-corrected chi connectivity index (χ4v) is 5.04. The molecule has 0 aromatic heterocycles. The van der Waals surface area contributed by atoms with Crippen molar-refractivity contribution in [3.8, 4) is 11.5 Å². The van der Waals surface area contributed by atoms with Gasteiger partial charge in [0, 0.05) is 65.0 Å². The van der Waals surface area contributed by atoms with Crippen LogP contribution in [0.5, 0.6) is 11.5 Å². The monoisotopic (exact) mass is 555 g/mol. The maximum atomic E-state index is 13.7. The summed E-state index contributed by atoms with van der Waals surface area (Å²) in [6.45, 7) is 7.74. The van der Waals surface area contributed by atoms with Gasteiger partial charge in [-0.25, -0.2) is 0 Å². The summed E-state index contributed by atoms with van der Waals surface area (Å²) in [6, 6.07) is 14.5. The summed E-state index contributed by atoms with van der Waals surface area (Å²) in [7, 11) is 5.01. The number of carbonyl (C=O) groups is 2. The molecule has 220 valence electrons. The minimum Gasteiger partial charge on any atom is -0.493 e. The summed E-state index contributed by atoms with van der Waals surface area (Å²) in [6.07, 6.45) is -0.0650. The van der Waals surface area contributed by atoms with Gasteiger partial charge in [-0.1, -0.05) is 30.3 Å². The molecule has 2 aromatic rings. The summed E-state index contributed by atoms with van der Waals surface area (Å²) in [4.78, 5) is 30.2. The Morgan fingerprint density at radius 1 is 1.00 bits per heavy atom. The molecule has 1 aliphatic rings. The first kappa shape index (κ1) is 31.4. The summed E-state index contributed by atoms with van der Waals surface area (Å²) in [5.41, 5.74) is 1.28. The zero-order chi connectivity index (χ0) is 29.1. The van der Waals surface area contributed by atoms with E-state index in [1.807, 2.05) is 49.1 Å². The minimum atomic E-state index is -0.832. The highest BCUT2D eigenvalue weighted by Crippen LogP contribution is 2.30. The number of benzene rings is 2. The van der Waals surface area contributed by atoms with Gasteiger partial charge in [0.2, 0.25) is 5.91 Å². The van der Waals surface area contributed by atoms with E-state index in [-0.39, 0.29) is 36.1 Å². The van der Waals surface area contributed by atoms with E-state index in [1.54, 1.807) is 44.4 Å². The number of aliphatic hydroxyl groups excluding tert-OH is 1. The molecule has 40 heavy (non-hydrogen) atoms. The highest BCUT2D eigenvalue weighted by atomic mass is 16.5. The van der Waals surface area contributed by atoms with Crippen molar-refractivity contribution in [2.24, 2.45) is 11.8 Å². The Morgan fingerprint density at radius 2 is 1.70 bits per heavy atom. The quantitative estimate of drug-likeness (QED) is 0.325. The lowest BCUT2D eigenvalue weighted by Gasteiger charge is -2.33. The highest BCUT2D eigenvalue weighted by molar-refractivity contribution is 5.95. The van der Waals surface area contributed by atoms with Crippen LogP contribution in [-0.4, -0.2) is 93.4 Å². The molecular weight excluding hydrogens is 510 g/mol. The van der Waals surface area contributed by atoms with E-state index in [0.29, 0.717) is 43.4 Å². The zero-order valence-electron chi connectivity index (χ0n) is 24.5. The molecule has 1 aliphatic heterocycles. The van der Waals surface area contributed by atoms with Crippen molar-refractivity contribution < 1.29 is 28.9 Å². The van der Waals surface area contributed by atoms with Gasteiger partial charge in [-0.2, -0.15) is 0 Å². The molecule has 0 radical (unpaired) electrons. The number of rotatable bonds is 15. The first-order valence-electron chi connectivity index (χ1n) is 14.0. The van der Waals surface area contributed by atoms with Crippen LogP contribution in [0.25, 0.3) is 0 Å². The van der Waals surface area contributed by atoms with E-state index in [1.165, 1.54) is 0 Å². The van der Waals surface area contributed by atoms with Gasteiger partial charge >= 0.3 is 0 Å². The Labute approximate surface area is 238 Å². The van der Waals surface area contributed by atoms with Crippen LogP contribution in [0.3, 0.4) is 0 Å². The second-order valence-electron chi connectivity index (χ2n) is 10.7. The third-order valence-electron chi connectivity index (χ3n) is 7.44. The van der Waals surface area contributed by atoms with Gasteiger partial charge in [-0.3, -0.25) is 9.59 Å². The fourth-order valence-electron chi connectivity index (χ4n) is 5.04. The standard InChI is InChI=1S/C31H45N3O6/c1-22(2)34(31(37)24-12-13-28(39-5)29(16-24)40-15-9-14-38-4)21-26-19-32-18-25(26)20-33(3)30(36)17-27(35)23-10-7-6-8-11-23/h6-8,10-13,16,22,25-27,32,35H,9,14-15,17-21H2,1-5H3/t25-,26-,27?/m0/s1. The van der Waals surface area contributed by atoms with Crippen molar-refractivity contribution in [3.05, 3.63) is 59.7 Å². The van der Waals surface area contributed by atoms with Crippen LogP contribution in [0.2, 0.25) is 0 Å². The van der Waals surface area contributed by atoms with Gasteiger partial charge in [-0.15, -0.1) is 0 Å². The first-order chi connectivity index (χ1) is 19.2. The maximum Gasteiger partial charge on any atom is 0.254 e. The molecule has 2 amide bonds. The van der Waals surface area contributed by atoms with Crippen LogP contribution in [0, 0.1) is 11.8 Å². The average Bonchev–Trinajstić information content (AvgIpc) is 3.40. The normalized spacial score (nSPS) is 17.5. The van der Waals surface area contributed by atoms with Crippen LogP contribution in [0.4, 0.5) is 0 Å². The number of aliphatic hydroxyl groups is 1. The smallest absolute Gasteiger partial charge is 0.254 e. The highest BCUT2D eigenvalue weighted by Gasteiger charge is 2.33. The molecule has 3 atom stereocenters. The number of amides is 2. The van der Waals surface area contributed by atoms with Crippen molar-refractivity contribution in [1.82, 2.24) is 15.1 Å². The molecule has 0 aliphatic carbocycles. The van der Waals surface area contributed by atoms with Crippen molar-refractivity contribution in [2.75, 3.05) is 60.7 Å². The lowest BCUT2D eigenvalue weighted by molar-refractivity contribution is -0.132. The van der Waals surface area contributed by atoms with E-state index >= 15 is 0 Å². The molecule has 2 N–H and O–H groups in total. The largest absolute Gasteiger partial charge is 0.493 e. The van der Waals surface area contributed by atoms with Crippen LogP contribution >= 0.6 is 0 Å². The molecule has 9 heteroatoms. The Hall–Kier alpha value is -3.14. The number of hydrogen-bond donors (Lipinski definition) is 2. The van der Waals surface area contributed by atoms with Gasteiger partial charge < -0.3 is 34.4 Å². The van der Waals surface area contributed by atoms with Gasteiger partial charge in [0.1, 0.15) is 0 Å². The van der Waals surface area contributed by atoms with Crippen molar-refractivity contribution in [3.63, 3.8) is 0 Å². The predicted molar refractivity (Wildman–Crippen MR) is 155 cm³/mol. The third-order valence-corrected chi connectivity index (χ3v) is 7.44. The lowest BCUT2D eigenvalue weighted by atomic mass is 9.93. The predicted octanol–water partition coefficient (Wildman–Crippen LogP) is 3.38. The Kier molecular flexibility index (Phi) is 12.2. The Bertz CT molecular complexity index is 1080. The summed E-state index contributed by atoms with van der Waals surface area (Å²) < 4.78 is 16.4. The van der Waals surface area contributed by atoms with E-state index < -0.39 is 6.10 Å². The van der Waals surface area contributed by atoms with Crippen LogP contribution in [0.1, 0.15) is 48.7 Å². The number of methoxy groups -OCH3 is 2. The number of carbonyl (C=O) groups excluding carboxylic acids is 2. The van der Waals surface area contributed by atoms with Gasteiger partial charge in [0.15, 0.2) is 11.5 Å². The second kappa shape index (κ2) is 15.6. The molecule has 1 fully saturated rings. The first-order valence-corrected chi connectivity index (χ1v) is 14.0. The maximum absolute atomic E-state index is 13.7. The molecule has 0 saturated carbocycles. The molecule has 0 bridgehead atoms. The van der Waals surface area contributed by atoms with E-state index in [4.69, 9.17) is 14.2 Å². The van der Waals surface area contributed by atoms with E-state index in [9.17, 15) is 14.7 Å². The molecule has 3 rings (SSSR count). The molecule has 2 aromatic carbocycles. The molecule has 1 unspecified atom stereocenters. The molecular formula is C31H45N3O6. The molecule has 1 saturated heterocycles. The summed E-state index contributed by atoms with van der Waals surface area (Å²) in [5, 5.41) is 13.9. The number of ether oxygens (including phenoxy) is 3. The lowest BCUT2D eigenvalue weighted by Crippen LogP contribution is -2.44. The molecule has 9 nitrogen and oxygen atoms in total. The van der Waals surface area contributed by atoms with Crippen LogP contribution in [0.15, 0.2) is 48.5 Å². The van der Waals surface area contributed by atoms with E-state index in [0.717, 1.165) is 25.1 Å². The Balaban J connectivity index is 1.64. The third kappa shape index (κ3) is 8.68. The number of nitrogens with one attached hydrogen (secondary N) is 1. The van der Waals surface area contributed by atoms with Crippen molar-refractivity contribution in [1.29, 1.82) is 0 Å². The van der Waals surface area contributed by atoms with Gasteiger partial charge in [0.05, 0.1) is 26.2 Å². The zero-order valence-corrected chi connectivity index (χ0v) is 24.5. The molecule has 0 spiro atoms. The molecule has 1 heterocycles.